The molecule has 0 atom stereocenters. The minimum Gasteiger partial charge on any atom is -0.384 e. The summed E-state index contributed by atoms with van der Waals surface area (Å²) in [4.78, 5) is 8.21. The Morgan fingerprint density at radius 3 is 2.65 bits per heavy atom. The van der Waals surface area contributed by atoms with Crippen LogP contribution in [-0.4, -0.2) is 15.1 Å². The van der Waals surface area contributed by atoms with Crippen LogP contribution in [0.3, 0.4) is 0 Å². The second kappa shape index (κ2) is 5.01. The number of rotatable bonds is 2. The van der Waals surface area contributed by atoms with Gasteiger partial charge >= 0.3 is 0 Å². The molecule has 0 unspecified atom stereocenters. The second-order valence-electron chi connectivity index (χ2n) is 4.02. The van der Waals surface area contributed by atoms with Gasteiger partial charge in [0.05, 0.1) is 10.0 Å². The quantitative estimate of drug-likeness (QED) is 0.778. The maximum Gasteiger partial charge on any atom is 0.259 e. The van der Waals surface area contributed by atoms with E-state index < -0.39 is 0 Å². The summed E-state index contributed by atoms with van der Waals surface area (Å²) < 4.78 is 18.7. The summed E-state index contributed by atoms with van der Waals surface area (Å²) in [5, 5.41) is 3.87. The molecule has 0 amide bonds. The van der Waals surface area contributed by atoms with Crippen molar-refractivity contribution in [3.8, 4) is 22.8 Å². The van der Waals surface area contributed by atoms with E-state index in [0.717, 1.165) is 0 Å². The molecular formula is C13H8BrFN4O. The highest BCUT2D eigenvalue weighted by Gasteiger charge is 2.12. The third-order valence-corrected chi connectivity index (χ3v) is 3.24. The zero-order valence-corrected chi connectivity index (χ0v) is 11.6. The number of hydrogen-bond acceptors (Lipinski definition) is 5. The van der Waals surface area contributed by atoms with Crippen LogP contribution in [0.4, 0.5) is 10.2 Å². The van der Waals surface area contributed by atoms with Crippen LogP contribution >= 0.6 is 15.9 Å². The van der Waals surface area contributed by atoms with E-state index in [1.807, 2.05) is 0 Å². The Balaban J connectivity index is 1.97. The molecule has 2 heterocycles. The van der Waals surface area contributed by atoms with Crippen LogP contribution in [0.25, 0.3) is 22.8 Å². The van der Waals surface area contributed by atoms with Gasteiger partial charge in [-0.25, -0.2) is 9.37 Å². The van der Waals surface area contributed by atoms with Gasteiger partial charge in [-0.05, 0) is 46.3 Å². The average molecular weight is 335 g/mol. The summed E-state index contributed by atoms with van der Waals surface area (Å²) in [6.45, 7) is 0. The van der Waals surface area contributed by atoms with Crippen LogP contribution in [0, 0.1) is 5.82 Å². The zero-order valence-electron chi connectivity index (χ0n) is 10.0. The number of nitrogens with zero attached hydrogens (tertiary/aromatic N) is 3. The topological polar surface area (TPSA) is 77.8 Å². The van der Waals surface area contributed by atoms with Gasteiger partial charge in [-0.2, -0.15) is 4.98 Å². The Kier molecular flexibility index (Phi) is 3.19. The monoisotopic (exact) mass is 334 g/mol. The fourth-order valence-electron chi connectivity index (χ4n) is 1.63. The van der Waals surface area contributed by atoms with Gasteiger partial charge in [-0.15, -0.1) is 0 Å². The van der Waals surface area contributed by atoms with E-state index in [0.29, 0.717) is 33.1 Å². The Morgan fingerprint density at radius 2 is 1.95 bits per heavy atom. The fourth-order valence-corrected chi connectivity index (χ4v) is 2.00. The van der Waals surface area contributed by atoms with Crippen molar-refractivity contribution < 1.29 is 8.91 Å². The summed E-state index contributed by atoms with van der Waals surface area (Å²) >= 11 is 3.12. The highest BCUT2D eigenvalue weighted by Crippen LogP contribution is 2.25. The Hall–Kier alpha value is -2.28. The molecule has 100 valence electrons. The van der Waals surface area contributed by atoms with Crippen molar-refractivity contribution >= 4 is 21.7 Å². The molecule has 0 saturated heterocycles. The van der Waals surface area contributed by atoms with Crippen molar-refractivity contribution in [1.82, 2.24) is 15.1 Å². The Labute approximate surface area is 121 Å². The average Bonchev–Trinajstić information content (AvgIpc) is 2.92. The lowest BCUT2D eigenvalue weighted by Crippen LogP contribution is -1.89. The minimum absolute atomic E-state index is 0.327. The van der Waals surface area contributed by atoms with E-state index in [-0.39, 0.29) is 5.82 Å². The van der Waals surface area contributed by atoms with Gasteiger partial charge in [0.1, 0.15) is 11.6 Å². The predicted molar refractivity (Wildman–Crippen MR) is 75.0 cm³/mol. The van der Waals surface area contributed by atoms with Crippen molar-refractivity contribution in [3.63, 3.8) is 0 Å². The van der Waals surface area contributed by atoms with Gasteiger partial charge in [-0.1, -0.05) is 5.16 Å². The van der Waals surface area contributed by atoms with Crippen LogP contribution in [0.1, 0.15) is 0 Å². The largest absolute Gasteiger partial charge is 0.384 e. The molecule has 0 aliphatic heterocycles. The first kappa shape index (κ1) is 12.7. The third-order valence-electron chi connectivity index (χ3n) is 2.64. The van der Waals surface area contributed by atoms with E-state index in [2.05, 4.69) is 31.1 Å². The number of nitrogen functional groups attached to an aromatic ring is 1. The molecule has 0 aliphatic carbocycles. The minimum atomic E-state index is -0.347. The second-order valence-corrected chi connectivity index (χ2v) is 4.88. The lowest BCUT2D eigenvalue weighted by molar-refractivity contribution is 0.432. The van der Waals surface area contributed by atoms with Crippen LogP contribution in [0.2, 0.25) is 0 Å². The molecule has 0 fully saturated rings. The smallest absolute Gasteiger partial charge is 0.259 e. The number of halogens is 2. The number of aromatic nitrogens is 3. The first-order valence-electron chi connectivity index (χ1n) is 5.64. The van der Waals surface area contributed by atoms with Gasteiger partial charge in [0.15, 0.2) is 0 Å². The molecule has 0 bridgehead atoms. The molecule has 0 aliphatic rings. The van der Waals surface area contributed by atoms with Crippen molar-refractivity contribution in [2.75, 3.05) is 5.73 Å². The van der Waals surface area contributed by atoms with Crippen molar-refractivity contribution in [3.05, 3.63) is 46.8 Å². The number of benzene rings is 1. The van der Waals surface area contributed by atoms with Crippen molar-refractivity contribution in [2.45, 2.75) is 0 Å². The third kappa shape index (κ3) is 2.39. The van der Waals surface area contributed by atoms with E-state index in [1.165, 1.54) is 6.07 Å². The molecule has 20 heavy (non-hydrogen) atoms. The molecule has 7 heteroatoms. The number of pyridine rings is 1. The molecule has 3 rings (SSSR count). The first-order valence-corrected chi connectivity index (χ1v) is 6.44. The van der Waals surface area contributed by atoms with Gasteiger partial charge < -0.3 is 10.3 Å². The lowest BCUT2D eigenvalue weighted by Gasteiger charge is -1.97. The SMILES string of the molecule is Nc1ccc(-c2nc(-c3ccc(F)c(Br)c3)no2)cn1. The first-order chi connectivity index (χ1) is 9.63. The molecule has 5 nitrogen and oxygen atoms in total. The Morgan fingerprint density at radius 1 is 1.15 bits per heavy atom. The molecule has 0 spiro atoms. The summed E-state index contributed by atoms with van der Waals surface area (Å²) in [6, 6.07) is 7.88. The molecule has 2 aromatic heterocycles. The summed E-state index contributed by atoms with van der Waals surface area (Å²) in [5.41, 5.74) is 6.83. The zero-order chi connectivity index (χ0) is 14.1. The maximum absolute atomic E-state index is 13.2. The number of hydrogen-bond donors (Lipinski definition) is 1. The van der Waals surface area contributed by atoms with Gasteiger partial charge in [-0.3, -0.25) is 0 Å². The van der Waals surface area contributed by atoms with Crippen LogP contribution in [0.5, 0.6) is 0 Å². The van der Waals surface area contributed by atoms with Crippen molar-refractivity contribution in [1.29, 1.82) is 0 Å². The number of nitrogens with two attached hydrogens (primary N) is 1. The maximum atomic E-state index is 13.2. The van der Waals surface area contributed by atoms with Gasteiger partial charge in [0, 0.05) is 11.8 Å². The molecule has 1 aromatic carbocycles. The molecule has 3 aromatic rings. The summed E-state index contributed by atoms with van der Waals surface area (Å²) in [7, 11) is 0. The van der Waals surface area contributed by atoms with Crippen LogP contribution in [0.15, 0.2) is 45.5 Å². The van der Waals surface area contributed by atoms with E-state index in [9.17, 15) is 4.39 Å². The summed E-state index contributed by atoms with van der Waals surface area (Å²) in [6.07, 6.45) is 1.55. The predicted octanol–water partition coefficient (Wildman–Crippen LogP) is 3.28. The molecule has 0 radical (unpaired) electrons. The van der Waals surface area contributed by atoms with E-state index >= 15 is 0 Å². The van der Waals surface area contributed by atoms with Crippen molar-refractivity contribution in [2.24, 2.45) is 0 Å². The molecule has 0 saturated carbocycles. The van der Waals surface area contributed by atoms with Gasteiger partial charge in [0.2, 0.25) is 5.82 Å². The highest BCUT2D eigenvalue weighted by atomic mass is 79.9. The number of anilines is 1. The highest BCUT2D eigenvalue weighted by molar-refractivity contribution is 9.10. The normalized spacial score (nSPS) is 10.7. The Bertz CT molecular complexity index is 757. The fraction of sp³-hybridized carbons (Fsp3) is 0. The summed E-state index contributed by atoms with van der Waals surface area (Å²) in [5.74, 6) is 0.765. The standard InChI is InChI=1S/C13H8BrFN4O/c14-9-5-7(1-3-10(9)15)12-18-13(20-19-12)8-2-4-11(16)17-6-8/h1-6H,(H2,16,17). The van der Waals surface area contributed by atoms with Gasteiger partial charge in [0.25, 0.3) is 5.89 Å². The lowest BCUT2D eigenvalue weighted by atomic mass is 10.2. The van der Waals surface area contributed by atoms with E-state index in [4.69, 9.17) is 10.3 Å². The van der Waals surface area contributed by atoms with Crippen LogP contribution in [-0.2, 0) is 0 Å². The van der Waals surface area contributed by atoms with Crippen LogP contribution < -0.4 is 5.73 Å². The molecular weight excluding hydrogens is 327 g/mol. The van der Waals surface area contributed by atoms with E-state index in [1.54, 1.807) is 30.5 Å². The molecule has 2 N–H and O–H groups in total.